The van der Waals surface area contributed by atoms with Crippen LogP contribution in [0.2, 0.25) is 0 Å². The van der Waals surface area contributed by atoms with E-state index in [9.17, 15) is 4.79 Å². The van der Waals surface area contributed by atoms with Crippen LogP contribution in [-0.2, 0) is 18.6 Å². The molecule has 1 amide bonds. The summed E-state index contributed by atoms with van der Waals surface area (Å²) in [6.07, 6.45) is 0. The average Bonchev–Trinajstić information content (AvgIpc) is 3.54. The Labute approximate surface area is 229 Å². The van der Waals surface area contributed by atoms with Gasteiger partial charge >= 0.3 is 0 Å². The molecule has 198 valence electrons. The molecule has 2 aromatic heterocycles. The van der Waals surface area contributed by atoms with E-state index >= 15 is 0 Å². The number of ether oxygens (including phenoxy) is 1. The Bertz CT molecular complexity index is 1550. The van der Waals surface area contributed by atoms with Gasteiger partial charge in [0.25, 0.3) is 5.91 Å². The Morgan fingerprint density at radius 1 is 0.872 bits per heavy atom. The topological polar surface area (TPSA) is 69.3 Å². The summed E-state index contributed by atoms with van der Waals surface area (Å²) in [7, 11) is 0. The molecule has 0 saturated carbocycles. The number of hydrogen-bond acceptors (Lipinski definition) is 4. The van der Waals surface area contributed by atoms with Crippen molar-refractivity contribution in [2.24, 2.45) is 0 Å². The second-order valence-electron chi connectivity index (χ2n) is 10.2. The van der Waals surface area contributed by atoms with Crippen LogP contribution in [-0.4, -0.2) is 15.7 Å². The third-order valence-electron chi connectivity index (χ3n) is 7.13. The van der Waals surface area contributed by atoms with Crippen LogP contribution in [0.15, 0.2) is 101 Å². The van der Waals surface area contributed by atoms with E-state index in [4.69, 9.17) is 9.15 Å². The summed E-state index contributed by atoms with van der Waals surface area (Å²) in [5.74, 6) is 1.21. The number of carbonyl (C=O) groups excluding carboxylic acids is 1. The summed E-state index contributed by atoms with van der Waals surface area (Å²) in [5, 5.41) is 7.58. The summed E-state index contributed by atoms with van der Waals surface area (Å²) in [4.78, 5) is 12.9. The third-order valence-corrected chi connectivity index (χ3v) is 7.13. The van der Waals surface area contributed by atoms with E-state index in [1.54, 1.807) is 12.1 Å². The van der Waals surface area contributed by atoms with Gasteiger partial charge in [0.15, 0.2) is 5.76 Å². The highest BCUT2D eigenvalue weighted by atomic mass is 16.5. The summed E-state index contributed by atoms with van der Waals surface area (Å²) >= 11 is 0. The van der Waals surface area contributed by atoms with Gasteiger partial charge < -0.3 is 14.5 Å². The highest BCUT2D eigenvalue weighted by molar-refractivity contribution is 6.02. The summed E-state index contributed by atoms with van der Waals surface area (Å²) in [6, 6.07) is 32.1. The second-order valence-corrected chi connectivity index (χ2v) is 10.2. The number of amides is 1. The van der Waals surface area contributed by atoms with Crippen LogP contribution in [0.3, 0.4) is 0 Å². The molecule has 39 heavy (non-hydrogen) atoms. The highest BCUT2D eigenvalue weighted by Crippen LogP contribution is 2.32. The molecule has 0 fully saturated rings. The maximum absolute atomic E-state index is 12.9. The van der Waals surface area contributed by atoms with Gasteiger partial charge in [0.2, 0.25) is 0 Å². The molecule has 0 atom stereocenters. The van der Waals surface area contributed by atoms with Crippen molar-refractivity contribution in [1.82, 2.24) is 9.78 Å². The number of carbonyl (C=O) groups is 1. The van der Waals surface area contributed by atoms with Gasteiger partial charge in [-0.1, -0.05) is 86.6 Å². The van der Waals surface area contributed by atoms with Crippen LogP contribution in [0.25, 0.3) is 0 Å². The number of nitrogens with one attached hydrogen (secondary N) is 1. The van der Waals surface area contributed by atoms with E-state index in [1.165, 1.54) is 11.1 Å². The standard InChI is InChI=1S/C33H33N3O3/c1-23-31(24(2)36(35-23)21-25-11-7-5-8-12-25)34-32(37)30-20-19-29(39-30)22-38-28-17-15-27(16-18-28)33(3,4)26-13-9-6-10-14-26/h5-20H,21-22H2,1-4H3,(H,34,37). The van der Waals surface area contributed by atoms with Crippen LogP contribution >= 0.6 is 0 Å². The van der Waals surface area contributed by atoms with Gasteiger partial charge in [0.1, 0.15) is 18.1 Å². The molecule has 5 aromatic rings. The largest absolute Gasteiger partial charge is 0.486 e. The van der Waals surface area contributed by atoms with Crippen molar-refractivity contribution < 1.29 is 13.9 Å². The maximum Gasteiger partial charge on any atom is 0.291 e. The van der Waals surface area contributed by atoms with Crippen LogP contribution in [0.4, 0.5) is 5.69 Å². The first-order valence-electron chi connectivity index (χ1n) is 13.1. The zero-order valence-corrected chi connectivity index (χ0v) is 22.8. The quantitative estimate of drug-likeness (QED) is 0.222. The normalized spacial score (nSPS) is 11.4. The van der Waals surface area contributed by atoms with Gasteiger partial charge in [0.05, 0.1) is 23.6 Å². The molecule has 0 aliphatic heterocycles. The van der Waals surface area contributed by atoms with Crippen molar-refractivity contribution in [3.8, 4) is 5.75 Å². The van der Waals surface area contributed by atoms with Gasteiger partial charge in [-0.3, -0.25) is 9.48 Å². The number of rotatable bonds is 9. The fourth-order valence-corrected chi connectivity index (χ4v) is 4.68. The van der Waals surface area contributed by atoms with Gasteiger partial charge in [-0.05, 0) is 54.8 Å². The Morgan fingerprint density at radius 3 is 2.21 bits per heavy atom. The van der Waals surface area contributed by atoms with Gasteiger partial charge in [0, 0.05) is 5.41 Å². The van der Waals surface area contributed by atoms with Crippen LogP contribution in [0.1, 0.15) is 58.2 Å². The fourth-order valence-electron chi connectivity index (χ4n) is 4.68. The Kier molecular flexibility index (Phi) is 7.37. The Morgan fingerprint density at radius 2 is 1.51 bits per heavy atom. The molecular weight excluding hydrogens is 486 g/mol. The van der Waals surface area contributed by atoms with Crippen molar-refractivity contribution >= 4 is 11.6 Å². The van der Waals surface area contributed by atoms with Crippen molar-refractivity contribution in [1.29, 1.82) is 0 Å². The van der Waals surface area contributed by atoms with Crippen molar-refractivity contribution in [3.63, 3.8) is 0 Å². The van der Waals surface area contributed by atoms with E-state index < -0.39 is 0 Å². The molecule has 0 radical (unpaired) electrons. The lowest BCUT2D eigenvalue weighted by Gasteiger charge is -2.26. The molecule has 2 heterocycles. The van der Waals surface area contributed by atoms with Gasteiger partial charge in [-0.15, -0.1) is 0 Å². The molecule has 3 aromatic carbocycles. The molecular formula is C33H33N3O3. The molecule has 6 nitrogen and oxygen atoms in total. The highest BCUT2D eigenvalue weighted by Gasteiger charge is 2.23. The number of hydrogen-bond donors (Lipinski definition) is 1. The molecule has 0 aliphatic rings. The Hall–Kier alpha value is -4.58. The van der Waals surface area contributed by atoms with Crippen LogP contribution in [0.5, 0.6) is 5.75 Å². The number of anilines is 1. The predicted octanol–water partition coefficient (Wildman–Crippen LogP) is 7.30. The summed E-state index contributed by atoms with van der Waals surface area (Å²) in [6.45, 7) is 9.12. The maximum atomic E-state index is 12.9. The molecule has 0 spiro atoms. The van der Waals surface area contributed by atoms with Gasteiger partial charge in [-0.25, -0.2) is 0 Å². The van der Waals surface area contributed by atoms with E-state index in [0.29, 0.717) is 18.0 Å². The van der Waals surface area contributed by atoms with Crippen LogP contribution in [0, 0.1) is 13.8 Å². The molecule has 1 N–H and O–H groups in total. The van der Waals surface area contributed by atoms with E-state index in [2.05, 4.69) is 72.8 Å². The predicted molar refractivity (Wildman–Crippen MR) is 153 cm³/mol. The first-order valence-corrected chi connectivity index (χ1v) is 13.1. The molecule has 0 saturated heterocycles. The zero-order chi connectivity index (χ0) is 27.4. The van der Waals surface area contributed by atoms with E-state index in [0.717, 1.165) is 22.7 Å². The van der Waals surface area contributed by atoms with Crippen molar-refractivity contribution in [3.05, 3.63) is 137 Å². The number of aryl methyl sites for hydroxylation is 1. The van der Waals surface area contributed by atoms with Gasteiger partial charge in [-0.2, -0.15) is 5.10 Å². The lowest BCUT2D eigenvalue weighted by Crippen LogP contribution is -2.18. The summed E-state index contributed by atoms with van der Waals surface area (Å²) < 4.78 is 13.6. The lowest BCUT2D eigenvalue weighted by molar-refractivity contribution is 0.0992. The minimum absolute atomic E-state index is 0.113. The SMILES string of the molecule is Cc1nn(Cc2ccccc2)c(C)c1NC(=O)c1ccc(COc2ccc(C(C)(C)c3ccccc3)cc2)o1. The van der Waals surface area contributed by atoms with E-state index in [-0.39, 0.29) is 23.7 Å². The summed E-state index contributed by atoms with van der Waals surface area (Å²) in [5.41, 5.74) is 5.83. The number of nitrogens with zero attached hydrogens (tertiary/aromatic N) is 2. The lowest BCUT2D eigenvalue weighted by atomic mass is 9.78. The van der Waals surface area contributed by atoms with Crippen molar-refractivity contribution in [2.45, 2.75) is 46.3 Å². The molecule has 0 aliphatic carbocycles. The average molecular weight is 520 g/mol. The number of furan rings is 1. The Balaban J connectivity index is 1.20. The zero-order valence-electron chi connectivity index (χ0n) is 22.8. The van der Waals surface area contributed by atoms with Crippen molar-refractivity contribution in [2.75, 3.05) is 5.32 Å². The number of benzene rings is 3. The second kappa shape index (κ2) is 11.0. The first kappa shape index (κ1) is 26.0. The fraction of sp³-hybridized carbons (Fsp3) is 0.212. The molecule has 6 heteroatoms. The molecule has 0 unspecified atom stereocenters. The first-order chi connectivity index (χ1) is 18.8. The molecule has 0 bridgehead atoms. The number of aromatic nitrogens is 2. The monoisotopic (exact) mass is 519 g/mol. The van der Waals surface area contributed by atoms with E-state index in [1.807, 2.05) is 54.9 Å². The third kappa shape index (κ3) is 5.80. The minimum Gasteiger partial charge on any atom is -0.486 e. The smallest absolute Gasteiger partial charge is 0.291 e. The molecule has 5 rings (SSSR count). The van der Waals surface area contributed by atoms with Crippen LogP contribution < -0.4 is 10.1 Å². The minimum atomic E-state index is -0.320.